The van der Waals surface area contributed by atoms with Crippen molar-refractivity contribution in [1.82, 2.24) is 10.2 Å². The van der Waals surface area contributed by atoms with Gasteiger partial charge in [0, 0.05) is 23.6 Å². The molecular formula is C19H27BrN2O2. The molecule has 1 fully saturated rings. The van der Waals surface area contributed by atoms with Crippen LogP contribution in [0.25, 0.3) is 0 Å². The van der Waals surface area contributed by atoms with Crippen LogP contribution in [0.15, 0.2) is 28.9 Å². The highest BCUT2D eigenvalue weighted by molar-refractivity contribution is 9.10. The zero-order valence-electron chi connectivity index (χ0n) is 15.0. The number of ether oxygens (including phenoxy) is 1. The van der Waals surface area contributed by atoms with Crippen LogP contribution in [0.4, 0.5) is 0 Å². The van der Waals surface area contributed by atoms with Crippen LogP contribution in [0.1, 0.15) is 29.5 Å². The molecule has 0 unspecified atom stereocenters. The van der Waals surface area contributed by atoms with Crippen molar-refractivity contribution in [2.24, 2.45) is 0 Å². The summed E-state index contributed by atoms with van der Waals surface area (Å²) in [5.41, 5.74) is 3.99. The first-order chi connectivity index (χ1) is 11.3. The summed E-state index contributed by atoms with van der Waals surface area (Å²) in [5, 5.41) is 3.31. The molecule has 0 bridgehead atoms. The number of allylic oxidation sites excluding steroid dienone is 1. The predicted octanol–water partition coefficient (Wildman–Crippen LogP) is 3.35. The Morgan fingerprint density at radius 3 is 2.54 bits per heavy atom. The first-order valence-corrected chi connectivity index (χ1v) is 9.07. The molecule has 2 rings (SSSR count). The number of carbonyl (C=O) groups is 1. The molecule has 132 valence electrons. The summed E-state index contributed by atoms with van der Waals surface area (Å²) >= 11 is 3.60. The molecule has 1 saturated heterocycles. The Morgan fingerprint density at radius 1 is 1.33 bits per heavy atom. The van der Waals surface area contributed by atoms with E-state index in [1.807, 2.05) is 11.9 Å². The smallest absolute Gasteiger partial charge is 0.331 e. The maximum Gasteiger partial charge on any atom is 0.331 e. The number of halogens is 1. The van der Waals surface area contributed by atoms with E-state index in [0.717, 1.165) is 36.1 Å². The van der Waals surface area contributed by atoms with Gasteiger partial charge in [-0.05, 0) is 62.5 Å². The Kier molecular flexibility index (Phi) is 6.10. The average Bonchev–Trinajstić information content (AvgIpc) is 2.58. The highest BCUT2D eigenvalue weighted by Gasteiger charge is 2.44. The van der Waals surface area contributed by atoms with Gasteiger partial charge in [-0.25, -0.2) is 4.79 Å². The van der Waals surface area contributed by atoms with Gasteiger partial charge in [0.15, 0.2) is 0 Å². The first-order valence-electron chi connectivity index (χ1n) is 8.28. The van der Waals surface area contributed by atoms with Crippen molar-refractivity contribution in [3.8, 4) is 0 Å². The van der Waals surface area contributed by atoms with E-state index in [9.17, 15) is 4.79 Å². The van der Waals surface area contributed by atoms with Gasteiger partial charge >= 0.3 is 5.97 Å². The summed E-state index contributed by atoms with van der Waals surface area (Å²) in [6.45, 7) is 10.1. The molecule has 0 spiro atoms. The molecule has 5 heteroatoms. The van der Waals surface area contributed by atoms with Gasteiger partial charge in [-0.3, -0.25) is 0 Å². The van der Waals surface area contributed by atoms with Crippen LogP contribution in [0.2, 0.25) is 0 Å². The lowest BCUT2D eigenvalue weighted by atomic mass is 9.85. The third kappa shape index (κ3) is 3.67. The minimum absolute atomic E-state index is 0.172. The molecule has 1 aliphatic rings. The number of hydrogen-bond acceptors (Lipinski definition) is 4. The number of methoxy groups -OCH3 is 1. The molecule has 1 N–H and O–H groups in total. The molecule has 1 aromatic carbocycles. The fourth-order valence-corrected chi connectivity index (χ4v) is 3.80. The topological polar surface area (TPSA) is 41.6 Å². The Balaban J connectivity index is 2.24. The van der Waals surface area contributed by atoms with E-state index in [4.69, 9.17) is 4.74 Å². The van der Waals surface area contributed by atoms with Gasteiger partial charge in [0.25, 0.3) is 0 Å². The number of aryl methyl sites for hydroxylation is 2. The number of likely N-dealkylation sites (N-methyl/N-ethyl adjacent to an activating group) is 1. The fraction of sp³-hybridized carbons (Fsp3) is 0.526. The molecule has 0 radical (unpaired) electrons. The minimum atomic E-state index is -0.618. The van der Waals surface area contributed by atoms with Crippen LogP contribution < -0.4 is 5.32 Å². The van der Waals surface area contributed by atoms with E-state index in [0.29, 0.717) is 6.42 Å². The molecular weight excluding hydrogens is 368 g/mol. The monoisotopic (exact) mass is 394 g/mol. The number of nitrogens with one attached hydrogen (secondary N) is 1. The van der Waals surface area contributed by atoms with Gasteiger partial charge in [-0.2, -0.15) is 0 Å². The second kappa shape index (κ2) is 7.70. The van der Waals surface area contributed by atoms with Crippen molar-refractivity contribution in [2.75, 3.05) is 27.2 Å². The lowest BCUT2D eigenvalue weighted by Crippen LogP contribution is -2.58. The Hall–Kier alpha value is -1.33. The third-order valence-corrected chi connectivity index (χ3v) is 5.98. The maximum absolute atomic E-state index is 12.5. The quantitative estimate of drug-likeness (QED) is 0.777. The zero-order chi connectivity index (χ0) is 17.9. The number of esters is 1. The molecule has 0 aliphatic carbocycles. The van der Waals surface area contributed by atoms with Crippen LogP contribution in [0.5, 0.6) is 0 Å². The predicted molar refractivity (Wildman–Crippen MR) is 101 cm³/mol. The van der Waals surface area contributed by atoms with Crippen LogP contribution in [0, 0.1) is 13.8 Å². The van der Waals surface area contributed by atoms with Gasteiger partial charge in [-0.1, -0.05) is 28.6 Å². The van der Waals surface area contributed by atoms with Crippen LogP contribution in [-0.2, 0) is 16.0 Å². The summed E-state index contributed by atoms with van der Waals surface area (Å²) in [4.78, 5) is 14.5. The minimum Gasteiger partial charge on any atom is -0.467 e. The lowest BCUT2D eigenvalue weighted by molar-refractivity contribution is -0.155. The number of piperidine rings is 1. The molecule has 4 nitrogen and oxygen atoms in total. The van der Waals surface area contributed by atoms with Gasteiger partial charge in [0.05, 0.1) is 7.11 Å². The van der Waals surface area contributed by atoms with Gasteiger partial charge in [-0.15, -0.1) is 0 Å². The van der Waals surface area contributed by atoms with Crippen molar-refractivity contribution in [3.63, 3.8) is 0 Å². The van der Waals surface area contributed by atoms with Crippen molar-refractivity contribution in [3.05, 3.63) is 45.6 Å². The largest absolute Gasteiger partial charge is 0.467 e. The summed E-state index contributed by atoms with van der Waals surface area (Å²) in [6, 6.07) is 4.32. The highest BCUT2D eigenvalue weighted by Crippen LogP contribution is 2.31. The number of hydrogen-bond donors (Lipinski definition) is 1. The van der Waals surface area contributed by atoms with E-state index in [-0.39, 0.29) is 5.97 Å². The van der Waals surface area contributed by atoms with Gasteiger partial charge < -0.3 is 15.0 Å². The van der Waals surface area contributed by atoms with Gasteiger partial charge in [0.2, 0.25) is 0 Å². The molecule has 1 heterocycles. The Bertz CT molecular complexity index is 636. The fourth-order valence-electron chi connectivity index (χ4n) is 3.41. The molecule has 24 heavy (non-hydrogen) atoms. The van der Waals surface area contributed by atoms with E-state index in [1.54, 1.807) is 0 Å². The van der Waals surface area contributed by atoms with Crippen molar-refractivity contribution in [1.29, 1.82) is 0 Å². The molecule has 0 amide bonds. The molecule has 1 aliphatic heterocycles. The first kappa shape index (κ1) is 19.0. The molecule has 1 aromatic rings. The van der Waals surface area contributed by atoms with Crippen LogP contribution in [0.3, 0.4) is 0 Å². The van der Waals surface area contributed by atoms with Crippen molar-refractivity contribution in [2.45, 2.75) is 38.6 Å². The molecule has 0 aromatic heterocycles. The van der Waals surface area contributed by atoms with Gasteiger partial charge in [0.1, 0.15) is 5.54 Å². The number of carbonyl (C=O) groups excluding carboxylic acids is 1. The van der Waals surface area contributed by atoms with Crippen molar-refractivity contribution >= 4 is 21.9 Å². The second-order valence-corrected chi connectivity index (χ2v) is 7.46. The second-order valence-electron chi connectivity index (χ2n) is 6.60. The number of rotatable bonds is 5. The normalized spacial score (nSPS) is 16.5. The van der Waals surface area contributed by atoms with E-state index in [2.05, 4.69) is 53.8 Å². The SMILES string of the molecule is C=C(Cc1cc(Br)c(C)cc1C)N(C)C1(C(=O)OC)CCNCC1. The highest BCUT2D eigenvalue weighted by atomic mass is 79.9. The summed E-state index contributed by atoms with van der Waals surface area (Å²) in [5.74, 6) is -0.172. The third-order valence-electron chi connectivity index (χ3n) is 5.12. The van der Waals surface area contributed by atoms with E-state index in [1.165, 1.54) is 23.8 Å². The van der Waals surface area contributed by atoms with Crippen LogP contribution in [-0.4, -0.2) is 43.7 Å². The standard InChI is InChI=1S/C19H27BrN2O2/c1-13-10-14(2)17(20)12-16(13)11-15(3)22(4)19(18(23)24-5)6-8-21-9-7-19/h10,12,21H,3,6-9,11H2,1-2,4-5H3. The Morgan fingerprint density at radius 2 is 1.96 bits per heavy atom. The van der Waals surface area contributed by atoms with E-state index >= 15 is 0 Å². The number of nitrogens with zero attached hydrogens (tertiary/aromatic N) is 1. The maximum atomic E-state index is 12.5. The lowest BCUT2D eigenvalue weighted by Gasteiger charge is -2.44. The van der Waals surface area contributed by atoms with Crippen LogP contribution >= 0.6 is 15.9 Å². The summed E-state index contributed by atoms with van der Waals surface area (Å²) in [6.07, 6.45) is 2.17. The zero-order valence-corrected chi connectivity index (χ0v) is 16.6. The average molecular weight is 395 g/mol. The number of benzene rings is 1. The van der Waals surface area contributed by atoms with Crippen molar-refractivity contribution < 1.29 is 9.53 Å². The Labute approximate surface area is 153 Å². The molecule has 0 saturated carbocycles. The summed E-state index contributed by atoms with van der Waals surface area (Å²) in [7, 11) is 3.42. The molecule has 0 atom stereocenters. The van der Waals surface area contributed by atoms with E-state index < -0.39 is 5.54 Å². The summed E-state index contributed by atoms with van der Waals surface area (Å²) < 4.78 is 6.22.